The SMILES string of the molecule is CC1CCN(C(=O)CN2CCC[C@H](c3ccc4c(N)nc(-c5ccccc5)nc4n3)C2)CC1. The van der Waals surface area contributed by atoms with E-state index in [4.69, 9.17) is 15.7 Å². The molecule has 33 heavy (non-hydrogen) atoms. The summed E-state index contributed by atoms with van der Waals surface area (Å²) < 4.78 is 0. The van der Waals surface area contributed by atoms with Gasteiger partial charge in [-0.05, 0) is 50.3 Å². The van der Waals surface area contributed by atoms with Gasteiger partial charge in [0.25, 0.3) is 0 Å². The smallest absolute Gasteiger partial charge is 0.236 e. The number of hydrogen-bond acceptors (Lipinski definition) is 6. The summed E-state index contributed by atoms with van der Waals surface area (Å²) in [5, 5.41) is 0.778. The van der Waals surface area contributed by atoms with E-state index in [-0.39, 0.29) is 11.8 Å². The molecule has 2 aliphatic rings. The van der Waals surface area contributed by atoms with E-state index in [9.17, 15) is 4.79 Å². The average Bonchev–Trinajstić information content (AvgIpc) is 2.85. The average molecular weight is 445 g/mol. The third-order valence-corrected chi connectivity index (χ3v) is 7.06. The predicted molar refractivity (Wildman–Crippen MR) is 131 cm³/mol. The lowest BCUT2D eigenvalue weighted by atomic mass is 9.94. The lowest BCUT2D eigenvalue weighted by Gasteiger charge is -2.35. The molecule has 2 N–H and O–H groups in total. The highest BCUT2D eigenvalue weighted by molar-refractivity contribution is 5.87. The molecule has 2 fully saturated rings. The van der Waals surface area contributed by atoms with Crippen LogP contribution in [0.3, 0.4) is 0 Å². The van der Waals surface area contributed by atoms with Crippen LogP contribution in [0.25, 0.3) is 22.4 Å². The number of aromatic nitrogens is 3. The molecular weight excluding hydrogens is 412 g/mol. The minimum atomic E-state index is 0.266. The number of fused-ring (bicyclic) bond motifs is 1. The maximum atomic E-state index is 12.8. The Kier molecular flexibility index (Phi) is 6.22. The van der Waals surface area contributed by atoms with Crippen LogP contribution in [0.1, 0.15) is 44.2 Å². The summed E-state index contributed by atoms with van der Waals surface area (Å²) in [5.74, 6) is 2.32. The molecule has 0 bridgehead atoms. The van der Waals surface area contributed by atoms with Gasteiger partial charge in [0, 0.05) is 36.8 Å². The lowest BCUT2D eigenvalue weighted by Crippen LogP contribution is -2.46. The van der Waals surface area contributed by atoms with Crippen LogP contribution in [-0.2, 0) is 4.79 Å². The number of rotatable bonds is 4. The number of hydrogen-bond donors (Lipinski definition) is 1. The van der Waals surface area contributed by atoms with E-state index < -0.39 is 0 Å². The molecule has 2 aromatic heterocycles. The van der Waals surface area contributed by atoms with E-state index in [0.29, 0.717) is 23.8 Å². The van der Waals surface area contributed by atoms with Crippen LogP contribution in [0.5, 0.6) is 0 Å². The number of likely N-dealkylation sites (tertiary alicyclic amines) is 2. The van der Waals surface area contributed by atoms with Crippen molar-refractivity contribution in [3.63, 3.8) is 0 Å². The van der Waals surface area contributed by atoms with Crippen LogP contribution >= 0.6 is 0 Å². The molecule has 1 aromatic carbocycles. The summed E-state index contributed by atoms with van der Waals surface area (Å²) in [6.07, 6.45) is 4.36. The summed E-state index contributed by atoms with van der Waals surface area (Å²) in [5.41, 5.74) is 8.81. The molecular formula is C26H32N6O. The summed E-state index contributed by atoms with van der Waals surface area (Å²) in [7, 11) is 0. The van der Waals surface area contributed by atoms with Crippen LogP contribution in [0, 0.1) is 5.92 Å². The second-order valence-electron chi connectivity index (χ2n) is 9.54. The molecule has 0 saturated carbocycles. The Bertz CT molecular complexity index is 1130. The zero-order chi connectivity index (χ0) is 22.8. The van der Waals surface area contributed by atoms with Gasteiger partial charge < -0.3 is 10.6 Å². The number of anilines is 1. The standard InChI is InChI=1S/C26H32N6O/c1-18-11-14-32(15-12-18)23(33)17-31-13-5-8-20(16-31)22-10-9-21-24(27)29-25(30-26(21)28-22)19-6-3-2-4-7-19/h2-4,6-7,9-10,18,20H,5,8,11-17H2,1H3,(H2,27,28,29,30)/t20-/m0/s1. The first-order valence-electron chi connectivity index (χ1n) is 12.1. The first kappa shape index (κ1) is 21.8. The van der Waals surface area contributed by atoms with Crippen molar-refractivity contribution >= 4 is 22.8 Å². The van der Waals surface area contributed by atoms with Crippen molar-refractivity contribution in [2.24, 2.45) is 5.92 Å². The monoisotopic (exact) mass is 444 g/mol. The fourth-order valence-electron chi connectivity index (χ4n) is 4.98. The second-order valence-corrected chi connectivity index (χ2v) is 9.54. The van der Waals surface area contributed by atoms with Crippen molar-refractivity contribution in [2.75, 3.05) is 38.5 Å². The van der Waals surface area contributed by atoms with Crippen molar-refractivity contribution in [3.05, 3.63) is 48.2 Å². The number of nitrogen functional groups attached to an aromatic ring is 1. The largest absolute Gasteiger partial charge is 0.383 e. The van der Waals surface area contributed by atoms with Gasteiger partial charge in [-0.15, -0.1) is 0 Å². The molecule has 7 heteroatoms. The Hall–Kier alpha value is -3.06. The van der Waals surface area contributed by atoms with Gasteiger partial charge in [0.2, 0.25) is 5.91 Å². The van der Waals surface area contributed by atoms with Crippen molar-refractivity contribution in [1.82, 2.24) is 24.8 Å². The van der Waals surface area contributed by atoms with Gasteiger partial charge in [0.15, 0.2) is 11.5 Å². The van der Waals surface area contributed by atoms with E-state index in [1.807, 2.05) is 47.4 Å². The van der Waals surface area contributed by atoms with Crippen molar-refractivity contribution < 1.29 is 4.79 Å². The van der Waals surface area contributed by atoms with Crippen LogP contribution < -0.4 is 5.73 Å². The fourth-order valence-corrected chi connectivity index (χ4v) is 4.98. The van der Waals surface area contributed by atoms with Crippen molar-refractivity contribution in [1.29, 1.82) is 0 Å². The summed E-state index contributed by atoms with van der Waals surface area (Å²) in [6, 6.07) is 13.9. The number of piperidine rings is 2. The van der Waals surface area contributed by atoms with Gasteiger partial charge in [0.05, 0.1) is 11.9 Å². The maximum Gasteiger partial charge on any atom is 0.236 e. The van der Waals surface area contributed by atoms with E-state index in [2.05, 4.69) is 16.8 Å². The summed E-state index contributed by atoms with van der Waals surface area (Å²) in [4.78, 5) is 31.3. The minimum absolute atomic E-state index is 0.266. The topological polar surface area (TPSA) is 88.2 Å². The molecule has 1 atom stereocenters. The molecule has 0 unspecified atom stereocenters. The molecule has 2 aliphatic heterocycles. The van der Waals surface area contributed by atoms with Crippen LogP contribution in [0.15, 0.2) is 42.5 Å². The van der Waals surface area contributed by atoms with E-state index >= 15 is 0 Å². The Morgan fingerprint density at radius 3 is 2.58 bits per heavy atom. The minimum Gasteiger partial charge on any atom is -0.383 e. The highest BCUT2D eigenvalue weighted by Crippen LogP contribution is 2.29. The quantitative estimate of drug-likeness (QED) is 0.660. The Balaban J connectivity index is 1.32. The molecule has 1 amide bonds. The van der Waals surface area contributed by atoms with Crippen LogP contribution in [-0.4, -0.2) is 63.4 Å². The Morgan fingerprint density at radius 1 is 1.00 bits per heavy atom. The van der Waals surface area contributed by atoms with Gasteiger partial charge in [-0.1, -0.05) is 37.3 Å². The fraction of sp³-hybridized carbons (Fsp3) is 0.462. The number of pyridine rings is 1. The molecule has 7 nitrogen and oxygen atoms in total. The van der Waals surface area contributed by atoms with Crippen molar-refractivity contribution in [3.8, 4) is 11.4 Å². The lowest BCUT2D eigenvalue weighted by molar-refractivity contribution is -0.134. The normalized spacial score (nSPS) is 20.3. The highest BCUT2D eigenvalue weighted by Gasteiger charge is 2.27. The molecule has 0 aliphatic carbocycles. The highest BCUT2D eigenvalue weighted by atomic mass is 16.2. The van der Waals surface area contributed by atoms with Crippen LogP contribution in [0.4, 0.5) is 5.82 Å². The molecule has 5 rings (SSSR count). The molecule has 4 heterocycles. The van der Waals surface area contributed by atoms with Gasteiger partial charge >= 0.3 is 0 Å². The molecule has 172 valence electrons. The third kappa shape index (κ3) is 4.83. The van der Waals surface area contributed by atoms with Crippen molar-refractivity contribution in [2.45, 2.75) is 38.5 Å². The zero-order valence-corrected chi connectivity index (χ0v) is 19.3. The predicted octanol–water partition coefficient (Wildman–Crippen LogP) is 3.71. The first-order chi connectivity index (χ1) is 16.1. The summed E-state index contributed by atoms with van der Waals surface area (Å²) in [6.45, 7) is 6.39. The second kappa shape index (κ2) is 9.43. The molecule has 2 saturated heterocycles. The molecule has 0 spiro atoms. The number of amides is 1. The van der Waals surface area contributed by atoms with Gasteiger partial charge in [-0.25, -0.2) is 15.0 Å². The zero-order valence-electron chi connectivity index (χ0n) is 19.3. The van der Waals surface area contributed by atoms with Gasteiger partial charge in [-0.2, -0.15) is 0 Å². The number of benzene rings is 1. The van der Waals surface area contributed by atoms with Gasteiger partial charge in [0.1, 0.15) is 5.82 Å². The van der Waals surface area contributed by atoms with E-state index in [0.717, 1.165) is 74.4 Å². The first-order valence-corrected chi connectivity index (χ1v) is 12.1. The van der Waals surface area contributed by atoms with Crippen LogP contribution in [0.2, 0.25) is 0 Å². The Labute approximate surface area is 195 Å². The third-order valence-electron chi connectivity index (χ3n) is 7.06. The summed E-state index contributed by atoms with van der Waals surface area (Å²) >= 11 is 0. The maximum absolute atomic E-state index is 12.8. The number of nitrogens with zero attached hydrogens (tertiary/aromatic N) is 5. The van der Waals surface area contributed by atoms with Gasteiger partial charge in [-0.3, -0.25) is 9.69 Å². The molecule has 3 aromatic rings. The molecule has 0 radical (unpaired) electrons. The van der Waals surface area contributed by atoms with E-state index in [1.54, 1.807) is 0 Å². The number of carbonyl (C=O) groups is 1. The number of carbonyl (C=O) groups excluding carboxylic acids is 1. The number of nitrogens with two attached hydrogens (primary N) is 1. The van der Waals surface area contributed by atoms with E-state index in [1.165, 1.54) is 0 Å². The Morgan fingerprint density at radius 2 is 1.79 bits per heavy atom.